The standard InChI is InChI=1S/C15H17BrN4O2/c1-22-7-6-19-10-13(9-17-19)18-15(21)20-5-4-11-8-12(16)2-3-14(11)20/h2-3,8-10H,4-7H2,1H3,(H,18,21). The van der Waals surface area contributed by atoms with Gasteiger partial charge in [0.25, 0.3) is 0 Å². The van der Waals surface area contributed by atoms with Crippen molar-refractivity contribution in [3.8, 4) is 0 Å². The summed E-state index contributed by atoms with van der Waals surface area (Å²) >= 11 is 3.46. The van der Waals surface area contributed by atoms with Gasteiger partial charge in [-0.05, 0) is 30.2 Å². The normalized spacial score (nSPS) is 13.3. The quantitative estimate of drug-likeness (QED) is 0.907. The lowest BCUT2D eigenvalue weighted by Gasteiger charge is -2.17. The number of nitrogens with zero attached hydrogens (tertiary/aromatic N) is 3. The second kappa shape index (κ2) is 6.50. The van der Waals surface area contributed by atoms with E-state index in [1.54, 1.807) is 29.1 Å². The minimum atomic E-state index is -0.132. The second-order valence-corrected chi connectivity index (χ2v) is 6.01. The number of nitrogens with one attached hydrogen (secondary N) is 1. The van der Waals surface area contributed by atoms with Crippen molar-refractivity contribution in [3.05, 3.63) is 40.6 Å². The second-order valence-electron chi connectivity index (χ2n) is 5.09. The van der Waals surface area contributed by atoms with Crippen LogP contribution in [0.25, 0.3) is 0 Å². The van der Waals surface area contributed by atoms with E-state index in [-0.39, 0.29) is 6.03 Å². The van der Waals surface area contributed by atoms with E-state index in [0.717, 1.165) is 16.6 Å². The maximum atomic E-state index is 12.4. The molecule has 0 unspecified atom stereocenters. The molecule has 22 heavy (non-hydrogen) atoms. The third kappa shape index (κ3) is 3.15. The fourth-order valence-electron chi connectivity index (χ4n) is 2.51. The van der Waals surface area contributed by atoms with Crippen molar-refractivity contribution in [1.82, 2.24) is 9.78 Å². The van der Waals surface area contributed by atoms with Gasteiger partial charge in [-0.15, -0.1) is 0 Å². The number of hydrogen-bond acceptors (Lipinski definition) is 3. The Hall–Kier alpha value is -1.86. The van der Waals surface area contributed by atoms with E-state index in [1.165, 1.54) is 5.56 Å². The third-order valence-corrected chi connectivity index (χ3v) is 4.08. The first-order valence-electron chi connectivity index (χ1n) is 7.06. The van der Waals surface area contributed by atoms with Crippen LogP contribution in [-0.2, 0) is 17.7 Å². The van der Waals surface area contributed by atoms with E-state index in [2.05, 4.69) is 32.4 Å². The third-order valence-electron chi connectivity index (χ3n) is 3.59. The zero-order chi connectivity index (χ0) is 15.5. The SMILES string of the molecule is COCCn1cc(NC(=O)N2CCc3cc(Br)ccc32)cn1. The minimum Gasteiger partial charge on any atom is -0.383 e. The number of anilines is 2. The lowest BCUT2D eigenvalue weighted by atomic mass is 10.2. The number of methoxy groups -OCH3 is 1. The number of amides is 2. The maximum Gasteiger partial charge on any atom is 0.326 e. The van der Waals surface area contributed by atoms with Crippen molar-refractivity contribution in [2.75, 3.05) is 30.5 Å². The summed E-state index contributed by atoms with van der Waals surface area (Å²) in [5.74, 6) is 0. The molecule has 1 aliphatic heterocycles. The van der Waals surface area contributed by atoms with E-state index >= 15 is 0 Å². The Bertz CT molecular complexity index is 686. The summed E-state index contributed by atoms with van der Waals surface area (Å²) in [6.07, 6.45) is 4.32. The van der Waals surface area contributed by atoms with Gasteiger partial charge in [-0.1, -0.05) is 15.9 Å². The van der Waals surface area contributed by atoms with E-state index in [4.69, 9.17) is 4.74 Å². The van der Waals surface area contributed by atoms with Crippen molar-refractivity contribution in [1.29, 1.82) is 0 Å². The van der Waals surface area contributed by atoms with Crippen LogP contribution >= 0.6 is 15.9 Å². The highest BCUT2D eigenvalue weighted by molar-refractivity contribution is 9.10. The first-order chi connectivity index (χ1) is 10.7. The number of aromatic nitrogens is 2. The zero-order valence-electron chi connectivity index (χ0n) is 12.3. The van der Waals surface area contributed by atoms with Crippen molar-refractivity contribution in [2.45, 2.75) is 13.0 Å². The van der Waals surface area contributed by atoms with E-state index in [9.17, 15) is 4.79 Å². The van der Waals surface area contributed by atoms with Crippen LogP contribution in [-0.4, -0.2) is 36.1 Å². The van der Waals surface area contributed by atoms with Gasteiger partial charge in [0.05, 0.1) is 25.0 Å². The van der Waals surface area contributed by atoms with Crippen molar-refractivity contribution in [2.24, 2.45) is 0 Å². The smallest absolute Gasteiger partial charge is 0.326 e. The average molecular weight is 365 g/mol. The molecule has 1 aromatic heterocycles. The predicted octanol–water partition coefficient (Wildman–Crippen LogP) is 2.89. The minimum absolute atomic E-state index is 0.132. The van der Waals surface area contributed by atoms with E-state index in [0.29, 0.717) is 25.4 Å². The molecule has 0 bridgehead atoms. The largest absolute Gasteiger partial charge is 0.383 e. The molecule has 0 fully saturated rings. The highest BCUT2D eigenvalue weighted by Crippen LogP contribution is 2.30. The lowest BCUT2D eigenvalue weighted by molar-refractivity contribution is 0.183. The summed E-state index contributed by atoms with van der Waals surface area (Å²) in [5, 5.41) is 7.07. The van der Waals surface area contributed by atoms with Crippen LogP contribution in [0.1, 0.15) is 5.56 Å². The summed E-state index contributed by atoms with van der Waals surface area (Å²) in [6.45, 7) is 1.94. The monoisotopic (exact) mass is 364 g/mol. The van der Waals surface area contributed by atoms with Crippen LogP contribution in [0, 0.1) is 0 Å². The fraction of sp³-hybridized carbons (Fsp3) is 0.333. The molecule has 0 radical (unpaired) electrons. The zero-order valence-corrected chi connectivity index (χ0v) is 13.8. The number of halogens is 1. The van der Waals surface area contributed by atoms with Gasteiger partial charge in [0, 0.05) is 30.0 Å². The summed E-state index contributed by atoms with van der Waals surface area (Å²) in [4.78, 5) is 14.2. The van der Waals surface area contributed by atoms with Gasteiger partial charge in [-0.25, -0.2) is 4.79 Å². The van der Waals surface area contributed by atoms with E-state index in [1.807, 2.05) is 12.1 Å². The number of ether oxygens (including phenoxy) is 1. The molecule has 7 heteroatoms. The number of carbonyl (C=O) groups excluding carboxylic acids is 1. The predicted molar refractivity (Wildman–Crippen MR) is 88.3 cm³/mol. The molecule has 2 heterocycles. The lowest BCUT2D eigenvalue weighted by Crippen LogP contribution is -2.33. The maximum absolute atomic E-state index is 12.4. The molecular formula is C15H17BrN4O2. The van der Waals surface area contributed by atoms with Gasteiger partial charge in [0.15, 0.2) is 0 Å². The molecule has 0 saturated heterocycles. The Morgan fingerprint density at radius 2 is 2.36 bits per heavy atom. The first kappa shape index (κ1) is 15.1. The Balaban J connectivity index is 1.67. The molecule has 3 rings (SSSR count). The molecule has 2 amide bonds. The number of benzene rings is 1. The number of carbonyl (C=O) groups is 1. The van der Waals surface area contributed by atoms with Gasteiger partial charge < -0.3 is 10.1 Å². The van der Waals surface area contributed by atoms with Gasteiger partial charge in [-0.2, -0.15) is 5.10 Å². The van der Waals surface area contributed by atoms with Crippen molar-refractivity contribution >= 4 is 33.3 Å². The topological polar surface area (TPSA) is 59.4 Å². The van der Waals surface area contributed by atoms with Crippen LogP contribution in [0.4, 0.5) is 16.2 Å². The summed E-state index contributed by atoms with van der Waals surface area (Å²) in [6, 6.07) is 5.85. The number of rotatable bonds is 4. The van der Waals surface area contributed by atoms with E-state index < -0.39 is 0 Å². The molecule has 1 N–H and O–H groups in total. The Morgan fingerprint density at radius 1 is 1.50 bits per heavy atom. The molecular weight excluding hydrogens is 348 g/mol. The molecule has 116 valence electrons. The van der Waals surface area contributed by atoms with Gasteiger partial charge in [0.1, 0.15) is 0 Å². The van der Waals surface area contributed by atoms with Crippen LogP contribution in [0.5, 0.6) is 0 Å². The Morgan fingerprint density at radius 3 is 3.18 bits per heavy atom. The molecule has 0 saturated carbocycles. The fourth-order valence-corrected chi connectivity index (χ4v) is 2.92. The molecule has 0 atom stereocenters. The molecule has 0 aliphatic carbocycles. The number of fused-ring (bicyclic) bond motifs is 1. The van der Waals surface area contributed by atoms with Gasteiger partial charge in [0.2, 0.25) is 0 Å². The summed E-state index contributed by atoms with van der Waals surface area (Å²) < 4.78 is 7.79. The Kier molecular flexibility index (Phi) is 4.44. The van der Waals surface area contributed by atoms with Gasteiger partial charge in [-0.3, -0.25) is 9.58 Å². The highest BCUT2D eigenvalue weighted by atomic mass is 79.9. The highest BCUT2D eigenvalue weighted by Gasteiger charge is 2.24. The molecule has 2 aromatic rings. The van der Waals surface area contributed by atoms with Crippen LogP contribution in [0.15, 0.2) is 35.1 Å². The molecule has 6 nitrogen and oxygen atoms in total. The van der Waals surface area contributed by atoms with Crippen molar-refractivity contribution < 1.29 is 9.53 Å². The van der Waals surface area contributed by atoms with Crippen molar-refractivity contribution in [3.63, 3.8) is 0 Å². The van der Waals surface area contributed by atoms with Gasteiger partial charge >= 0.3 is 6.03 Å². The molecule has 1 aliphatic rings. The number of hydrogen-bond donors (Lipinski definition) is 1. The Labute approximate surface area is 137 Å². The average Bonchev–Trinajstić information content (AvgIpc) is 3.11. The molecule has 0 spiro atoms. The van der Waals surface area contributed by atoms with Crippen LogP contribution in [0.3, 0.4) is 0 Å². The van der Waals surface area contributed by atoms with Crippen LogP contribution in [0.2, 0.25) is 0 Å². The summed E-state index contributed by atoms with van der Waals surface area (Å²) in [7, 11) is 1.65. The molecule has 1 aromatic carbocycles. The summed E-state index contributed by atoms with van der Waals surface area (Å²) in [5.41, 5.74) is 2.83. The number of urea groups is 1. The van der Waals surface area contributed by atoms with Crippen LogP contribution < -0.4 is 10.2 Å². The first-order valence-corrected chi connectivity index (χ1v) is 7.85.